The van der Waals surface area contributed by atoms with Crippen LogP contribution in [0.1, 0.15) is 67.9 Å². The molecule has 2 unspecified atom stereocenters. The molecular formula is C40H51F2N3O2. The van der Waals surface area contributed by atoms with E-state index in [9.17, 15) is 14.0 Å². The summed E-state index contributed by atoms with van der Waals surface area (Å²) in [7, 11) is 1.87. The molecule has 47 heavy (non-hydrogen) atoms. The number of aryl methyl sites for hydroxylation is 3. The van der Waals surface area contributed by atoms with Gasteiger partial charge in [0, 0.05) is 51.3 Å². The van der Waals surface area contributed by atoms with Gasteiger partial charge < -0.3 is 15.5 Å². The molecule has 7 heteroatoms. The van der Waals surface area contributed by atoms with Gasteiger partial charge >= 0.3 is 0 Å². The first kappa shape index (κ1) is 37.6. The first-order chi connectivity index (χ1) is 22.1. The molecule has 0 saturated carbocycles. The molecule has 1 saturated heterocycles. The van der Waals surface area contributed by atoms with Crippen LogP contribution in [0.4, 0.5) is 8.78 Å². The topological polar surface area (TPSA) is 66.6 Å². The van der Waals surface area contributed by atoms with Gasteiger partial charge in [0.15, 0.2) is 12.1 Å². The van der Waals surface area contributed by atoms with E-state index in [1.807, 2.05) is 44.1 Å². The molecule has 1 aliphatic carbocycles. The Labute approximate surface area is 280 Å². The van der Waals surface area contributed by atoms with Crippen LogP contribution >= 0.6 is 0 Å². The molecule has 2 aromatic rings. The number of terminal acetylenes is 1. The lowest BCUT2D eigenvalue weighted by Crippen LogP contribution is -2.48. The summed E-state index contributed by atoms with van der Waals surface area (Å²) in [6.45, 7) is 19.3. The molecule has 252 valence electrons. The van der Waals surface area contributed by atoms with E-state index in [1.54, 1.807) is 13.0 Å². The van der Waals surface area contributed by atoms with E-state index in [0.717, 1.165) is 47.5 Å². The summed E-state index contributed by atoms with van der Waals surface area (Å²) in [5, 5.41) is 0. The highest BCUT2D eigenvalue weighted by atomic mass is 19.1. The molecular weight excluding hydrogens is 592 g/mol. The fourth-order valence-corrected chi connectivity index (χ4v) is 7.15. The number of carbonyl (C=O) groups is 2. The van der Waals surface area contributed by atoms with Gasteiger partial charge in [-0.1, -0.05) is 45.0 Å². The highest BCUT2D eigenvalue weighted by Crippen LogP contribution is 2.42. The van der Waals surface area contributed by atoms with E-state index in [4.69, 9.17) is 5.73 Å². The zero-order chi connectivity index (χ0) is 35.2. The Hall–Kier alpha value is -3.86. The van der Waals surface area contributed by atoms with Gasteiger partial charge in [-0.05, 0) is 103 Å². The largest absolute Gasteiger partial charge is 0.373 e. The van der Waals surface area contributed by atoms with Gasteiger partial charge in [-0.3, -0.25) is 9.59 Å². The Morgan fingerprint density at radius 3 is 2.43 bits per heavy atom. The van der Waals surface area contributed by atoms with Gasteiger partial charge in [0.25, 0.3) is 0 Å². The average Bonchev–Trinajstić information content (AvgIpc) is 3.02. The summed E-state index contributed by atoms with van der Waals surface area (Å²) in [5.41, 5.74) is 12.4. The number of ketones is 1. The Morgan fingerprint density at radius 1 is 1.17 bits per heavy atom. The van der Waals surface area contributed by atoms with Crippen LogP contribution in [0.25, 0.3) is 11.1 Å². The van der Waals surface area contributed by atoms with Crippen molar-refractivity contribution in [2.75, 3.05) is 26.7 Å². The van der Waals surface area contributed by atoms with Gasteiger partial charge in [-0.25, -0.2) is 8.78 Å². The molecule has 0 aromatic heterocycles. The normalized spacial score (nSPS) is 19.4. The number of likely N-dealkylation sites (tertiary alicyclic amines) is 1. The minimum absolute atomic E-state index is 0.0913. The maximum atomic E-state index is 16.2. The number of nitrogens with zero attached hydrogens (tertiary/aromatic N) is 2. The van der Waals surface area contributed by atoms with Crippen LogP contribution in [-0.2, 0) is 21.5 Å². The predicted octanol–water partition coefficient (Wildman–Crippen LogP) is 7.52. The second-order valence-corrected chi connectivity index (χ2v) is 13.9. The quantitative estimate of drug-likeness (QED) is 0.0903. The molecule has 1 aliphatic heterocycles. The van der Waals surface area contributed by atoms with Crippen molar-refractivity contribution < 1.29 is 18.4 Å². The molecule has 4 rings (SSSR count). The van der Waals surface area contributed by atoms with Crippen molar-refractivity contribution in [2.24, 2.45) is 17.6 Å². The summed E-state index contributed by atoms with van der Waals surface area (Å²) in [6, 6.07) is 7.35. The fraction of sp³-hybridized carbons (Fsp3) is 0.450. The first-order valence-corrected chi connectivity index (χ1v) is 16.3. The van der Waals surface area contributed by atoms with Gasteiger partial charge in [-0.2, -0.15) is 0 Å². The highest BCUT2D eigenvalue weighted by molar-refractivity contribution is 5.87. The van der Waals surface area contributed by atoms with Crippen molar-refractivity contribution in [3.8, 4) is 24.0 Å². The van der Waals surface area contributed by atoms with Gasteiger partial charge in [0.1, 0.15) is 11.6 Å². The molecule has 2 aliphatic rings. The number of benzene rings is 2. The predicted molar refractivity (Wildman–Crippen MR) is 189 cm³/mol. The van der Waals surface area contributed by atoms with Gasteiger partial charge in [-0.15, -0.1) is 12.8 Å². The van der Waals surface area contributed by atoms with Crippen LogP contribution < -0.4 is 5.73 Å². The number of Topliss-reactive ketones (excluding diaryl/α,β-unsaturated/α-hetero) is 1. The van der Waals surface area contributed by atoms with Crippen molar-refractivity contribution in [1.29, 1.82) is 0 Å². The third-order valence-electron chi connectivity index (χ3n) is 9.27. The van der Waals surface area contributed by atoms with Crippen LogP contribution in [0, 0.1) is 51.3 Å². The van der Waals surface area contributed by atoms with Crippen LogP contribution in [0.3, 0.4) is 0 Å². The lowest BCUT2D eigenvalue weighted by molar-refractivity contribution is -0.119. The molecule has 1 fully saturated rings. The molecule has 2 N–H and O–H groups in total. The Morgan fingerprint density at radius 2 is 1.83 bits per heavy atom. The smallest absolute Gasteiger partial charge is 0.178 e. The zero-order valence-electron chi connectivity index (χ0n) is 29.1. The van der Waals surface area contributed by atoms with Crippen LogP contribution in [0.15, 0.2) is 60.1 Å². The van der Waals surface area contributed by atoms with E-state index >= 15 is 4.39 Å². The van der Waals surface area contributed by atoms with E-state index in [1.165, 1.54) is 6.08 Å². The van der Waals surface area contributed by atoms with E-state index in [0.29, 0.717) is 35.5 Å². The van der Waals surface area contributed by atoms with Crippen molar-refractivity contribution in [3.05, 3.63) is 93.7 Å². The number of allylic oxidation sites excluding steroid dienone is 2. The molecule has 0 amide bonds. The number of rotatable bonds is 11. The molecule has 0 radical (unpaired) electrons. The van der Waals surface area contributed by atoms with Crippen LogP contribution in [-0.4, -0.2) is 54.6 Å². The van der Waals surface area contributed by atoms with Gasteiger partial charge in [0.2, 0.25) is 0 Å². The molecule has 2 aromatic carbocycles. The first-order valence-electron chi connectivity index (χ1n) is 16.3. The van der Waals surface area contributed by atoms with Crippen LogP contribution in [0.2, 0.25) is 0 Å². The van der Waals surface area contributed by atoms with E-state index in [-0.39, 0.29) is 36.4 Å². The third kappa shape index (κ3) is 8.74. The number of nitrogens with two attached hydrogens (primary N) is 1. The molecule has 2 atom stereocenters. The maximum Gasteiger partial charge on any atom is 0.178 e. The number of likely N-dealkylation sites (N-methyl/N-ethyl adjacent to an activating group) is 1. The Kier molecular flexibility index (Phi) is 12.7. The third-order valence-corrected chi connectivity index (χ3v) is 9.27. The molecule has 1 heterocycles. The number of hydrogen-bond acceptors (Lipinski definition) is 5. The van der Waals surface area contributed by atoms with Crippen molar-refractivity contribution in [1.82, 2.24) is 9.80 Å². The highest BCUT2D eigenvalue weighted by Gasteiger charge is 2.41. The lowest BCUT2D eigenvalue weighted by atomic mass is 9.74. The number of hydrogen-bond donors (Lipinski definition) is 1. The summed E-state index contributed by atoms with van der Waals surface area (Å²) < 4.78 is 30.5. The fourth-order valence-electron chi connectivity index (χ4n) is 7.15. The minimum atomic E-state index is -1.49. The van der Waals surface area contributed by atoms with E-state index < -0.39 is 23.2 Å². The maximum absolute atomic E-state index is 16.2. The van der Waals surface area contributed by atoms with Crippen molar-refractivity contribution in [3.63, 3.8) is 0 Å². The average molecular weight is 644 g/mol. The minimum Gasteiger partial charge on any atom is -0.373 e. The second kappa shape index (κ2) is 15.8. The molecule has 0 spiro atoms. The lowest BCUT2D eigenvalue weighted by Gasteiger charge is -2.41. The molecule has 5 nitrogen and oxygen atoms in total. The standard InChI is InChI=1S/C38H49F2N3O2.C2H2/c1-23(2)11-35(42(8)21-29(15-32(39)22-44)9-10-43-19-25(4)20-43)28(7)38(41)18-33(45)16-30-13-24(3)12-26(5)36(30)31-14-27(6)37(40)34(38)17-31;1-2/h12-15,17,21-23,25,35H,7,9-11,16,18-20,41H2,1-6,8H3;1-2H/b29-21-,32-15+;. The second-order valence-electron chi connectivity index (χ2n) is 13.9. The van der Waals surface area contributed by atoms with Gasteiger partial charge in [0.05, 0.1) is 11.6 Å². The van der Waals surface area contributed by atoms with E-state index in [2.05, 4.69) is 51.2 Å². The number of carbonyl (C=O) groups excluding carboxylic acids is 2. The summed E-state index contributed by atoms with van der Waals surface area (Å²) >= 11 is 0. The van der Waals surface area contributed by atoms with Crippen molar-refractivity contribution >= 4 is 12.1 Å². The summed E-state index contributed by atoms with van der Waals surface area (Å²) in [5.74, 6) is -0.528. The Bertz CT molecular complexity index is 1580. The zero-order valence-corrected chi connectivity index (χ0v) is 29.1. The SMILES string of the molecule is C#C.C=C(C(CC(C)C)N(C)/C=C(\C=C(\F)C=O)CCN1CC(C)C1)C1(N)CC(=O)Cc2cc(C)cc(C)c2-c2cc(C)c(F)c1c2. The number of aldehydes is 1. The molecule has 2 bridgehead atoms. The monoisotopic (exact) mass is 643 g/mol. The van der Waals surface area contributed by atoms with Crippen LogP contribution in [0.5, 0.6) is 0 Å². The number of fused-ring (bicyclic) bond motifs is 4. The Balaban J connectivity index is 0.00000294. The summed E-state index contributed by atoms with van der Waals surface area (Å²) in [4.78, 5) is 29.2. The summed E-state index contributed by atoms with van der Waals surface area (Å²) in [6.07, 6.45) is 12.6. The van der Waals surface area contributed by atoms with Crippen molar-refractivity contribution in [2.45, 2.75) is 78.8 Å². The number of halogens is 2.